The third kappa shape index (κ3) is 5.23. The third-order valence-electron chi connectivity index (χ3n) is 9.10. The monoisotopic (exact) mass is 577 g/mol. The van der Waals surface area contributed by atoms with Crippen molar-refractivity contribution in [3.63, 3.8) is 0 Å². The van der Waals surface area contributed by atoms with Gasteiger partial charge in [-0.25, -0.2) is 0 Å². The molecule has 0 amide bonds. The summed E-state index contributed by atoms with van der Waals surface area (Å²) in [7, 11) is -0.521. The quantitative estimate of drug-likeness (QED) is 0.175. The molecule has 4 aromatic carbocycles. The van der Waals surface area contributed by atoms with E-state index in [9.17, 15) is 4.55 Å². The largest absolute Gasteiger partial charge is 0.598 e. The van der Waals surface area contributed by atoms with Gasteiger partial charge in [0.15, 0.2) is 0 Å². The van der Waals surface area contributed by atoms with Crippen molar-refractivity contribution in [3.05, 3.63) is 138 Å². The van der Waals surface area contributed by atoms with E-state index in [1.54, 1.807) is 5.31 Å². The first-order valence-electron chi connectivity index (χ1n) is 14.6. The summed E-state index contributed by atoms with van der Waals surface area (Å²) < 4.78 is 17.2. The highest BCUT2D eigenvalue weighted by Gasteiger charge is 2.61. The minimum atomic E-state index is -1.21. The Hall–Kier alpha value is -2.68. The Morgan fingerprint density at radius 2 is 1.29 bits per heavy atom. The van der Waals surface area contributed by atoms with Crippen LogP contribution >= 0.6 is 7.92 Å². The van der Waals surface area contributed by atoms with E-state index < -0.39 is 19.3 Å². The topological polar surface area (TPSA) is 35.1 Å². The summed E-state index contributed by atoms with van der Waals surface area (Å²) in [4.78, 5) is 0. The number of nitrogens with one attached hydrogen (secondary N) is 1. The molecule has 2 bridgehead atoms. The summed E-state index contributed by atoms with van der Waals surface area (Å²) in [6.45, 7) is 11.1. The Kier molecular flexibility index (Phi) is 7.76. The normalized spacial score (nSPS) is 25.4. The van der Waals surface area contributed by atoms with Crippen molar-refractivity contribution in [2.24, 2.45) is 5.41 Å². The van der Waals surface area contributed by atoms with Gasteiger partial charge in [0, 0.05) is 28.4 Å². The lowest BCUT2D eigenvalue weighted by molar-refractivity contribution is 0.345. The second kappa shape index (κ2) is 11.2. The second-order valence-corrected chi connectivity index (χ2v) is 17.0. The molecular weight excluding hydrogens is 537 g/mol. The van der Waals surface area contributed by atoms with Crippen LogP contribution in [0.15, 0.2) is 121 Å². The SMILES string of the molecule is CC1=C(c2ccccc2)[P@]2C[C@@]1(C)C(c1ccccc1)[C@@H]2[C@H](N[S@+]([O-])C(C)(C)C)c1ccc(-c2ccccc2)cc1. The fraction of sp³-hybridized carbons (Fsp3) is 0.297. The third-order valence-corrected chi connectivity index (χ3v) is 14.2. The molecule has 4 aromatic rings. The summed E-state index contributed by atoms with van der Waals surface area (Å²) in [6.07, 6.45) is 1.17. The molecule has 210 valence electrons. The molecule has 1 fully saturated rings. The summed E-state index contributed by atoms with van der Waals surface area (Å²) in [5.74, 6) is 0.338. The summed E-state index contributed by atoms with van der Waals surface area (Å²) in [5.41, 5.74) is 8.28. The van der Waals surface area contributed by atoms with Crippen molar-refractivity contribution in [1.29, 1.82) is 0 Å². The Morgan fingerprint density at radius 3 is 1.85 bits per heavy atom. The fourth-order valence-corrected chi connectivity index (χ4v) is 12.3. The van der Waals surface area contributed by atoms with E-state index >= 15 is 0 Å². The van der Waals surface area contributed by atoms with Crippen LogP contribution in [0, 0.1) is 5.41 Å². The Morgan fingerprint density at radius 1 is 0.780 bits per heavy atom. The molecule has 2 aliphatic heterocycles. The predicted octanol–water partition coefficient (Wildman–Crippen LogP) is 9.55. The molecule has 4 heteroatoms. The van der Waals surface area contributed by atoms with Crippen LogP contribution in [0.1, 0.15) is 63.3 Å². The van der Waals surface area contributed by atoms with Gasteiger partial charge in [0.2, 0.25) is 0 Å². The van der Waals surface area contributed by atoms with Crippen LogP contribution in [0.25, 0.3) is 16.4 Å². The number of allylic oxidation sites excluding steroid dienone is 1. The molecule has 0 radical (unpaired) electrons. The van der Waals surface area contributed by atoms with Crippen LogP contribution < -0.4 is 4.72 Å². The molecule has 0 aromatic heterocycles. The van der Waals surface area contributed by atoms with E-state index in [0.29, 0.717) is 11.6 Å². The minimum absolute atomic E-state index is 0.0372. The van der Waals surface area contributed by atoms with Crippen LogP contribution in [-0.2, 0) is 11.4 Å². The van der Waals surface area contributed by atoms with Gasteiger partial charge in [-0.1, -0.05) is 136 Å². The van der Waals surface area contributed by atoms with Crippen molar-refractivity contribution in [2.45, 2.75) is 57.0 Å². The van der Waals surface area contributed by atoms with Gasteiger partial charge in [-0.3, -0.25) is 0 Å². The molecule has 6 rings (SSSR count). The Labute approximate surface area is 250 Å². The molecule has 0 aliphatic carbocycles. The number of benzene rings is 4. The smallest absolute Gasteiger partial charge is 0.136 e. The molecule has 0 saturated carbocycles. The summed E-state index contributed by atoms with van der Waals surface area (Å²) in [6, 6.07) is 41.6. The van der Waals surface area contributed by atoms with Gasteiger partial charge in [-0.2, -0.15) is 0 Å². The molecule has 2 aliphatic rings. The minimum Gasteiger partial charge on any atom is -0.598 e. The van der Waals surface area contributed by atoms with Crippen LogP contribution in [0.2, 0.25) is 0 Å². The van der Waals surface area contributed by atoms with E-state index in [-0.39, 0.29) is 16.2 Å². The standard InChI is InChI=1S/C37H40NOPS/c1-26-34(31-19-13-8-14-20-31)40-25-37(26,5)32(29-17-11-7-12-18-29)35(40)33(38-41(39)36(2,3)4)30-23-21-28(22-24-30)27-15-9-6-10-16-27/h6-24,32-33,35,38H,25H2,1-5H3/t32?,33-,35-,37-,40+,41-/m1/s1. The number of rotatable bonds is 7. The Balaban J connectivity index is 1.50. The van der Waals surface area contributed by atoms with E-state index in [2.05, 4.69) is 155 Å². The molecule has 1 N–H and O–H groups in total. The van der Waals surface area contributed by atoms with Crippen LogP contribution in [0.3, 0.4) is 0 Å². The van der Waals surface area contributed by atoms with Crippen LogP contribution in [-0.4, -0.2) is 21.1 Å². The fourth-order valence-electron chi connectivity index (χ4n) is 6.90. The first-order chi connectivity index (χ1) is 19.7. The van der Waals surface area contributed by atoms with Gasteiger partial charge < -0.3 is 4.55 Å². The molecule has 0 spiro atoms. The number of fused-ring (bicyclic) bond motifs is 2. The van der Waals surface area contributed by atoms with Gasteiger partial charge in [-0.15, -0.1) is 4.72 Å². The van der Waals surface area contributed by atoms with Gasteiger partial charge in [-0.05, 0) is 67.0 Å². The van der Waals surface area contributed by atoms with E-state index in [0.717, 1.165) is 0 Å². The van der Waals surface area contributed by atoms with Crippen LogP contribution in [0.5, 0.6) is 0 Å². The van der Waals surface area contributed by atoms with Gasteiger partial charge >= 0.3 is 0 Å². The van der Waals surface area contributed by atoms with Crippen molar-refractivity contribution in [2.75, 3.05) is 6.16 Å². The lowest BCUT2D eigenvalue weighted by Gasteiger charge is -2.43. The average Bonchev–Trinajstić information content (AvgIpc) is 3.44. The molecule has 1 unspecified atom stereocenters. The molecular formula is C37H40NOPS. The first-order valence-corrected chi connectivity index (χ1v) is 17.3. The first kappa shape index (κ1) is 28.4. The summed E-state index contributed by atoms with van der Waals surface area (Å²) in [5, 5.41) is 1.55. The lowest BCUT2D eigenvalue weighted by Crippen LogP contribution is -2.46. The van der Waals surface area contributed by atoms with Gasteiger partial charge in [0.25, 0.3) is 0 Å². The molecule has 6 atom stereocenters. The maximum Gasteiger partial charge on any atom is 0.136 e. The maximum atomic E-state index is 13.8. The molecule has 2 nitrogen and oxygen atoms in total. The highest BCUT2D eigenvalue weighted by atomic mass is 32.2. The molecule has 2 heterocycles. The molecule has 41 heavy (non-hydrogen) atoms. The van der Waals surface area contributed by atoms with Gasteiger partial charge in [0.1, 0.15) is 4.75 Å². The number of hydrogen-bond donors (Lipinski definition) is 1. The van der Waals surface area contributed by atoms with Crippen molar-refractivity contribution >= 4 is 24.6 Å². The summed E-state index contributed by atoms with van der Waals surface area (Å²) >= 11 is -1.21. The second-order valence-electron chi connectivity index (χ2n) is 12.7. The van der Waals surface area contributed by atoms with Crippen molar-refractivity contribution < 1.29 is 4.55 Å². The van der Waals surface area contributed by atoms with E-state index in [4.69, 9.17) is 0 Å². The zero-order valence-corrected chi connectivity index (χ0v) is 26.4. The number of hydrogen-bond acceptors (Lipinski definition) is 2. The highest BCUT2D eigenvalue weighted by Crippen LogP contribution is 2.80. The lowest BCUT2D eigenvalue weighted by atomic mass is 9.67. The Bertz CT molecular complexity index is 1510. The average molecular weight is 578 g/mol. The van der Waals surface area contributed by atoms with E-state index in [1.165, 1.54) is 39.6 Å². The highest BCUT2D eigenvalue weighted by molar-refractivity contribution is 7.90. The predicted molar refractivity (Wildman–Crippen MR) is 178 cm³/mol. The zero-order chi connectivity index (χ0) is 28.8. The molecule has 1 saturated heterocycles. The van der Waals surface area contributed by atoms with Gasteiger partial charge in [0.05, 0.1) is 6.04 Å². The van der Waals surface area contributed by atoms with Crippen molar-refractivity contribution in [3.8, 4) is 11.1 Å². The maximum absolute atomic E-state index is 13.8. The van der Waals surface area contributed by atoms with E-state index in [1.807, 2.05) is 0 Å². The zero-order valence-electron chi connectivity index (χ0n) is 24.7. The van der Waals surface area contributed by atoms with Crippen molar-refractivity contribution in [1.82, 2.24) is 4.72 Å². The van der Waals surface area contributed by atoms with Crippen LogP contribution in [0.4, 0.5) is 0 Å².